The molecule has 0 bridgehead atoms. The lowest BCUT2D eigenvalue weighted by Gasteiger charge is -2.34. The van der Waals surface area contributed by atoms with Gasteiger partial charge in [-0.05, 0) is 57.6 Å². The summed E-state index contributed by atoms with van der Waals surface area (Å²) in [6, 6.07) is 8.33. The van der Waals surface area contributed by atoms with Gasteiger partial charge in [-0.1, -0.05) is 17.7 Å². The van der Waals surface area contributed by atoms with Crippen molar-refractivity contribution in [1.82, 2.24) is 10.2 Å². The summed E-state index contributed by atoms with van der Waals surface area (Å²) in [5, 5.41) is 3.05. The predicted molar refractivity (Wildman–Crippen MR) is 112 cm³/mol. The quantitative estimate of drug-likeness (QED) is 0.740. The monoisotopic (exact) mass is 404 g/mol. The molecule has 5 nitrogen and oxygen atoms in total. The zero-order valence-electron chi connectivity index (χ0n) is 17.0. The van der Waals surface area contributed by atoms with Crippen LogP contribution < -0.4 is 5.32 Å². The first-order valence-electron chi connectivity index (χ1n) is 10.4. The summed E-state index contributed by atoms with van der Waals surface area (Å²) in [6.07, 6.45) is 3.58. The second-order valence-corrected chi connectivity index (χ2v) is 9.39. The van der Waals surface area contributed by atoms with Crippen LogP contribution in [-0.4, -0.2) is 54.8 Å². The SMILES string of the molecule is Cc1ccc(SC(C)C(=O)N2CCC(CNC(=O)C3CCOCC3)CC2)cc1. The summed E-state index contributed by atoms with van der Waals surface area (Å²) in [7, 11) is 0. The van der Waals surface area contributed by atoms with Crippen molar-refractivity contribution in [2.24, 2.45) is 11.8 Å². The lowest BCUT2D eigenvalue weighted by atomic mass is 9.95. The summed E-state index contributed by atoms with van der Waals surface area (Å²) in [4.78, 5) is 28.2. The van der Waals surface area contributed by atoms with Gasteiger partial charge in [0.1, 0.15) is 0 Å². The number of hydrogen-bond acceptors (Lipinski definition) is 4. The molecule has 2 heterocycles. The molecule has 2 fully saturated rings. The van der Waals surface area contributed by atoms with Gasteiger partial charge in [-0.2, -0.15) is 0 Å². The zero-order valence-corrected chi connectivity index (χ0v) is 17.8. The van der Waals surface area contributed by atoms with Gasteiger partial charge in [0.05, 0.1) is 5.25 Å². The molecule has 154 valence electrons. The summed E-state index contributed by atoms with van der Waals surface area (Å²) >= 11 is 1.63. The van der Waals surface area contributed by atoms with E-state index in [-0.39, 0.29) is 23.0 Å². The van der Waals surface area contributed by atoms with Crippen molar-refractivity contribution in [2.75, 3.05) is 32.8 Å². The maximum Gasteiger partial charge on any atom is 0.235 e. The molecule has 2 aliphatic rings. The lowest BCUT2D eigenvalue weighted by molar-refractivity contribution is -0.132. The number of rotatable bonds is 6. The van der Waals surface area contributed by atoms with Crippen LogP contribution in [0, 0.1) is 18.8 Å². The number of thioether (sulfide) groups is 1. The Morgan fingerprint density at radius 1 is 1.14 bits per heavy atom. The molecule has 2 saturated heterocycles. The summed E-state index contributed by atoms with van der Waals surface area (Å²) in [6.45, 7) is 7.75. The molecule has 0 aliphatic carbocycles. The van der Waals surface area contributed by atoms with E-state index in [0.717, 1.165) is 50.2 Å². The third-order valence-corrected chi connectivity index (χ3v) is 6.86. The second-order valence-electron chi connectivity index (χ2n) is 7.97. The predicted octanol–water partition coefficient (Wildman–Crippen LogP) is 3.26. The Kier molecular flexibility index (Phi) is 7.80. The highest BCUT2D eigenvalue weighted by atomic mass is 32.2. The van der Waals surface area contributed by atoms with E-state index in [0.29, 0.717) is 19.1 Å². The number of carbonyl (C=O) groups excluding carboxylic acids is 2. The average Bonchev–Trinajstić information content (AvgIpc) is 2.74. The van der Waals surface area contributed by atoms with Gasteiger partial charge >= 0.3 is 0 Å². The van der Waals surface area contributed by atoms with Gasteiger partial charge in [0.15, 0.2) is 0 Å². The summed E-state index contributed by atoms with van der Waals surface area (Å²) in [5.41, 5.74) is 1.23. The van der Waals surface area contributed by atoms with Gasteiger partial charge in [0.25, 0.3) is 0 Å². The van der Waals surface area contributed by atoms with E-state index in [4.69, 9.17) is 4.74 Å². The lowest BCUT2D eigenvalue weighted by Crippen LogP contribution is -2.45. The van der Waals surface area contributed by atoms with E-state index < -0.39 is 0 Å². The Morgan fingerprint density at radius 2 is 1.79 bits per heavy atom. The van der Waals surface area contributed by atoms with Gasteiger partial charge in [-0.25, -0.2) is 0 Å². The molecular formula is C22H32N2O3S. The van der Waals surface area contributed by atoms with Crippen molar-refractivity contribution in [3.8, 4) is 0 Å². The Labute approximate surface area is 172 Å². The number of likely N-dealkylation sites (tertiary alicyclic amines) is 1. The molecule has 6 heteroatoms. The molecule has 28 heavy (non-hydrogen) atoms. The fourth-order valence-corrected chi connectivity index (χ4v) is 4.79. The highest BCUT2D eigenvalue weighted by Gasteiger charge is 2.27. The molecule has 0 radical (unpaired) electrons. The first-order valence-corrected chi connectivity index (χ1v) is 11.3. The zero-order chi connectivity index (χ0) is 19.9. The number of nitrogens with one attached hydrogen (secondary N) is 1. The number of carbonyl (C=O) groups is 2. The average molecular weight is 405 g/mol. The minimum atomic E-state index is -0.0764. The fourth-order valence-electron chi connectivity index (χ4n) is 3.83. The number of ether oxygens (including phenoxy) is 1. The molecule has 0 saturated carbocycles. The van der Waals surface area contributed by atoms with Gasteiger partial charge in [0, 0.05) is 43.7 Å². The minimum Gasteiger partial charge on any atom is -0.381 e. The molecule has 1 atom stereocenters. The summed E-state index contributed by atoms with van der Waals surface area (Å²) < 4.78 is 5.32. The Morgan fingerprint density at radius 3 is 2.43 bits per heavy atom. The number of aryl methyl sites for hydroxylation is 1. The van der Waals surface area contributed by atoms with Crippen LogP contribution in [0.2, 0.25) is 0 Å². The normalized spacial score (nSPS) is 20.0. The molecule has 1 unspecified atom stereocenters. The van der Waals surface area contributed by atoms with Crippen molar-refractivity contribution in [3.63, 3.8) is 0 Å². The fraction of sp³-hybridized carbons (Fsp3) is 0.636. The van der Waals surface area contributed by atoms with Crippen LogP contribution in [-0.2, 0) is 14.3 Å². The molecule has 2 aliphatic heterocycles. The first-order chi connectivity index (χ1) is 13.5. The molecule has 1 aromatic rings. The van der Waals surface area contributed by atoms with E-state index >= 15 is 0 Å². The first kappa shape index (κ1) is 21.2. The number of hydrogen-bond donors (Lipinski definition) is 1. The molecule has 1 N–H and O–H groups in total. The standard InChI is InChI=1S/C22H32N2O3S/c1-16-3-5-20(6-4-16)28-17(2)22(26)24-11-7-18(8-12-24)15-23-21(25)19-9-13-27-14-10-19/h3-6,17-19H,7-15H2,1-2H3,(H,23,25). The van der Waals surface area contributed by atoms with Gasteiger partial charge < -0.3 is 15.0 Å². The smallest absolute Gasteiger partial charge is 0.235 e. The van der Waals surface area contributed by atoms with E-state index in [1.165, 1.54) is 5.56 Å². The molecule has 0 aromatic heterocycles. The van der Waals surface area contributed by atoms with Crippen molar-refractivity contribution in [3.05, 3.63) is 29.8 Å². The number of amides is 2. The Balaban J connectivity index is 1.38. The van der Waals surface area contributed by atoms with Crippen LogP contribution in [0.15, 0.2) is 29.2 Å². The third-order valence-electron chi connectivity index (χ3n) is 5.76. The largest absolute Gasteiger partial charge is 0.381 e. The van der Waals surface area contributed by atoms with Crippen LogP contribution in [0.25, 0.3) is 0 Å². The highest BCUT2D eigenvalue weighted by molar-refractivity contribution is 8.00. The number of nitrogens with zero attached hydrogens (tertiary/aromatic N) is 1. The maximum absolute atomic E-state index is 12.8. The van der Waals surface area contributed by atoms with Crippen molar-refractivity contribution >= 4 is 23.6 Å². The van der Waals surface area contributed by atoms with Gasteiger partial charge in [-0.3, -0.25) is 9.59 Å². The van der Waals surface area contributed by atoms with Crippen molar-refractivity contribution in [1.29, 1.82) is 0 Å². The van der Waals surface area contributed by atoms with Crippen LogP contribution in [0.4, 0.5) is 0 Å². The van der Waals surface area contributed by atoms with E-state index in [2.05, 4.69) is 36.5 Å². The van der Waals surface area contributed by atoms with E-state index in [9.17, 15) is 9.59 Å². The number of piperidine rings is 1. The van der Waals surface area contributed by atoms with Crippen molar-refractivity contribution < 1.29 is 14.3 Å². The molecule has 1 aromatic carbocycles. The van der Waals surface area contributed by atoms with E-state index in [1.807, 2.05) is 11.8 Å². The molecular weight excluding hydrogens is 372 g/mol. The maximum atomic E-state index is 12.8. The second kappa shape index (κ2) is 10.3. The number of benzene rings is 1. The molecule has 3 rings (SSSR count). The van der Waals surface area contributed by atoms with E-state index in [1.54, 1.807) is 11.8 Å². The summed E-state index contributed by atoms with van der Waals surface area (Å²) in [5.74, 6) is 0.961. The van der Waals surface area contributed by atoms with Crippen LogP contribution in [0.1, 0.15) is 38.2 Å². The highest BCUT2D eigenvalue weighted by Crippen LogP contribution is 2.26. The van der Waals surface area contributed by atoms with Crippen LogP contribution >= 0.6 is 11.8 Å². The van der Waals surface area contributed by atoms with Crippen molar-refractivity contribution in [2.45, 2.75) is 49.7 Å². The van der Waals surface area contributed by atoms with Crippen LogP contribution in [0.5, 0.6) is 0 Å². The topological polar surface area (TPSA) is 58.6 Å². The molecule has 0 spiro atoms. The third kappa shape index (κ3) is 5.98. The molecule has 2 amide bonds. The van der Waals surface area contributed by atoms with Gasteiger partial charge in [0.2, 0.25) is 11.8 Å². The van der Waals surface area contributed by atoms with Crippen LogP contribution in [0.3, 0.4) is 0 Å². The Bertz CT molecular complexity index is 650. The van der Waals surface area contributed by atoms with Gasteiger partial charge in [-0.15, -0.1) is 11.8 Å². The Hall–Kier alpha value is -1.53. The minimum absolute atomic E-state index is 0.0764.